The quantitative estimate of drug-likeness (QED) is 0.721. The zero-order chi connectivity index (χ0) is 22.3. The number of amides is 2. The van der Waals surface area contributed by atoms with Crippen LogP contribution in [0, 0.1) is 11.7 Å². The van der Waals surface area contributed by atoms with E-state index < -0.39 is 5.82 Å². The van der Waals surface area contributed by atoms with Crippen LogP contribution in [0.1, 0.15) is 41.6 Å². The predicted octanol–water partition coefficient (Wildman–Crippen LogP) is 3.50. The topological polar surface area (TPSA) is 52.7 Å². The highest BCUT2D eigenvalue weighted by molar-refractivity contribution is 5.94. The number of halogens is 1. The molecule has 2 amide bonds. The van der Waals surface area contributed by atoms with Gasteiger partial charge in [-0.15, -0.1) is 0 Å². The average molecular weight is 438 g/mol. The van der Waals surface area contributed by atoms with Crippen LogP contribution in [0.2, 0.25) is 0 Å². The van der Waals surface area contributed by atoms with Crippen molar-refractivity contribution < 1.29 is 14.0 Å². The third kappa shape index (κ3) is 5.54. The minimum atomic E-state index is -0.400. The van der Waals surface area contributed by atoms with Crippen LogP contribution < -0.4 is 5.32 Å². The first-order valence-corrected chi connectivity index (χ1v) is 11.7. The number of nitrogens with one attached hydrogen (secondary N) is 1. The van der Waals surface area contributed by atoms with Gasteiger partial charge in [0.1, 0.15) is 5.82 Å². The van der Waals surface area contributed by atoms with E-state index in [0.717, 1.165) is 19.3 Å². The molecule has 6 heteroatoms. The van der Waals surface area contributed by atoms with Gasteiger partial charge in [-0.25, -0.2) is 4.39 Å². The molecule has 32 heavy (non-hydrogen) atoms. The van der Waals surface area contributed by atoms with Crippen LogP contribution in [0.3, 0.4) is 0 Å². The Morgan fingerprint density at radius 3 is 2.38 bits per heavy atom. The molecule has 0 spiro atoms. The third-order valence-corrected chi connectivity index (χ3v) is 6.74. The van der Waals surface area contributed by atoms with E-state index in [2.05, 4.69) is 22.3 Å². The summed E-state index contributed by atoms with van der Waals surface area (Å²) in [4.78, 5) is 30.0. The fourth-order valence-corrected chi connectivity index (χ4v) is 5.04. The summed E-state index contributed by atoms with van der Waals surface area (Å²) < 4.78 is 13.5. The van der Waals surface area contributed by atoms with E-state index in [4.69, 9.17) is 0 Å². The van der Waals surface area contributed by atoms with Gasteiger partial charge in [0.15, 0.2) is 0 Å². The van der Waals surface area contributed by atoms with Crippen LogP contribution in [-0.2, 0) is 11.2 Å². The molecule has 2 aromatic carbocycles. The van der Waals surface area contributed by atoms with E-state index in [9.17, 15) is 14.0 Å². The lowest BCUT2D eigenvalue weighted by atomic mass is 9.94. The van der Waals surface area contributed by atoms with Crippen LogP contribution in [0.4, 0.5) is 4.39 Å². The number of nitrogens with zero attached hydrogens (tertiary/aromatic N) is 2. The maximum absolute atomic E-state index is 13.5. The van der Waals surface area contributed by atoms with Crippen LogP contribution >= 0.6 is 0 Å². The van der Waals surface area contributed by atoms with Gasteiger partial charge in [0.05, 0.1) is 6.04 Å². The minimum Gasteiger partial charge on any atom is -0.354 e. The van der Waals surface area contributed by atoms with Crippen molar-refractivity contribution in [3.05, 3.63) is 71.5 Å². The lowest BCUT2D eigenvalue weighted by molar-refractivity contribution is -0.129. The van der Waals surface area contributed by atoms with Gasteiger partial charge in [0.25, 0.3) is 5.91 Å². The summed E-state index contributed by atoms with van der Waals surface area (Å²) in [6.07, 6.45) is 5.34. The molecule has 0 aromatic heterocycles. The molecule has 0 radical (unpaired) electrons. The Morgan fingerprint density at radius 1 is 0.969 bits per heavy atom. The first kappa shape index (κ1) is 22.5. The summed E-state index contributed by atoms with van der Waals surface area (Å²) in [5.41, 5.74) is 1.60. The monoisotopic (exact) mass is 437 g/mol. The Hall–Kier alpha value is -2.73. The molecule has 2 aliphatic rings. The second kappa shape index (κ2) is 10.7. The largest absolute Gasteiger partial charge is 0.354 e. The second-order valence-corrected chi connectivity index (χ2v) is 8.85. The zero-order valence-electron chi connectivity index (χ0n) is 18.5. The SMILES string of the molecule is O=C(NCCc1ccccc1)[C@H](C1CCCC1)N1CCN(C(=O)c2cccc(F)c2)CC1. The van der Waals surface area contributed by atoms with Gasteiger partial charge in [-0.05, 0) is 48.9 Å². The van der Waals surface area contributed by atoms with Crippen molar-refractivity contribution in [2.45, 2.75) is 38.1 Å². The van der Waals surface area contributed by atoms with Gasteiger partial charge in [-0.1, -0.05) is 49.2 Å². The van der Waals surface area contributed by atoms with Gasteiger partial charge in [-0.2, -0.15) is 0 Å². The summed E-state index contributed by atoms with van der Waals surface area (Å²) in [6.45, 7) is 3.05. The molecule has 2 aromatic rings. The number of carbonyl (C=O) groups excluding carboxylic acids is 2. The van der Waals surface area contributed by atoms with Gasteiger partial charge >= 0.3 is 0 Å². The molecular weight excluding hydrogens is 405 g/mol. The number of rotatable bonds is 7. The highest BCUT2D eigenvalue weighted by atomic mass is 19.1. The molecule has 4 rings (SSSR count). The number of carbonyl (C=O) groups is 2. The summed E-state index contributed by atoms with van der Waals surface area (Å²) in [5.74, 6) is -0.0632. The van der Waals surface area contributed by atoms with Crippen molar-refractivity contribution >= 4 is 11.8 Å². The first-order valence-electron chi connectivity index (χ1n) is 11.7. The summed E-state index contributed by atoms with van der Waals surface area (Å²) in [5, 5.41) is 3.17. The molecule has 1 atom stereocenters. The molecule has 1 aliphatic heterocycles. The predicted molar refractivity (Wildman–Crippen MR) is 123 cm³/mol. The van der Waals surface area contributed by atoms with E-state index >= 15 is 0 Å². The summed E-state index contributed by atoms with van der Waals surface area (Å²) in [7, 11) is 0. The van der Waals surface area contributed by atoms with E-state index in [1.54, 1.807) is 17.0 Å². The van der Waals surface area contributed by atoms with Crippen LogP contribution in [-0.4, -0.2) is 60.4 Å². The molecule has 1 N–H and O–H groups in total. The normalized spacial score (nSPS) is 18.5. The Morgan fingerprint density at radius 2 is 1.69 bits per heavy atom. The Bertz CT molecular complexity index is 906. The van der Waals surface area contributed by atoms with Gasteiger partial charge in [0, 0.05) is 38.3 Å². The molecule has 0 bridgehead atoms. The highest BCUT2D eigenvalue weighted by Crippen LogP contribution is 2.31. The van der Waals surface area contributed by atoms with E-state index in [-0.39, 0.29) is 17.9 Å². The van der Waals surface area contributed by atoms with Crippen LogP contribution in [0.5, 0.6) is 0 Å². The maximum Gasteiger partial charge on any atom is 0.254 e. The van der Waals surface area contributed by atoms with Crippen molar-refractivity contribution in [3.63, 3.8) is 0 Å². The Balaban J connectivity index is 1.35. The summed E-state index contributed by atoms with van der Waals surface area (Å²) >= 11 is 0. The smallest absolute Gasteiger partial charge is 0.254 e. The van der Waals surface area contributed by atoms with Crippen molar-refractivity contribution in [3.8, 4) is 0 Å². The minimum absolute atomic E-state index is 0.109. The number of hydrogen-bond donors (Lipinski definition) is 1. The fourth-order valence-electron chi connectivity index (χ4n) is 5.04. The van der Waals surface area contributed by atoms with Gasteiger partial charge in [-0.3, -0.25) is 14.5 Å². The first-order chi connectivity index (χ1) is 15.6. The molecule has 1 heterocycles. The van der Waals surface area contributed by atoms with Crippen LogP contribution in [0.15, 0.2) is 54.6 Å². The molecule has 0 unspecified atom stereocenters. The molecular formula is C26H32FN3O2. The summed E-state index contributed by atoms with van der Waals surface area (Å²) in [6, 6.07) is 15.9. The lowest BCUT2D eigenvalue weighted by Crippen LogP contribution is -2.58. The molecule has 1 saturated heterocycles. The van der Waals surface area contributed by atoms with Crippen molar-refractivity contribution in [1.82, 2.24) is 15.1 Å². The van der Waals surface area contributed by atoms with Crippen LogP contribution in [0.25, 0.3) is 0 Å². The molecule has 5 nitrogen and oxygen atoms in total. The van der Waals surface area contributed by atoms with E-state index in [1.807, 2.05) is 18.2 Å². The van der Waals surface area contributed by atoms with E-state index in [1.165, 1.54) is 30.5 Å². The average Bonchev–Trinajstić information content (AvgIpc) is 3.34. The molecule has 1 aliphatic carbocycles. The number of benzene rings is 2. The van der Waals surface area contributed by atoms with Gasteiger partial charge in [0.2, 0.25) is 5.91 Å². The lowest BCUT2D eigenvalue weighted by Gasteiger charge is -2.40. The second-order valence-electron chi connectivity index (χ2n) is 8.85. The Kier molecular flexibility index (Phi) is 7.53. The number of hydrogen-bond acceptors (Lipinski definition) is 3. The highest BCUT2D eigenvalue weighted by Gasteiger charge is 2.37. The number of piperazine rings is 1. The Labute approximate surface area is 189 Å². The van der Waals surface area contributed by atoms with Gasteiger partial charge < -0.3 is 10.2 Å². The van der Waals surface area contributed by atoms with Crippen molar-refractivity contribution in [2.24, 2.45) is 5.92 Å². The third-order valence-electron chi connectivity index (χ3n) is 6.74. The van der Waals surface area contributed by atoms with Crippen molar-refractivity contribution in [2.75, 3.05) is 32.7 Å². The van der Waals surface area contributed by atoms with E-state index in [0.29, 0.717) is 44.2 Å². The zero-order valence-corrected chi connectivity index (χ0v) is 18.5. The maximum atomic E-state index is 13.5. The molecule has 1 saturated carbocycles. The fraction of sp³-hybridized carbons (Fsp3) is 0.462. The molecule has 170 valence electrons. The van der Waals surface area contributed by atoms with Crippen molar-refractivity contribution in [1.29, 1.82) is 0 Å². The molecule has 2 fully saturated rings. The standard InChI is InChI=1S/C26H32FN3O2/c27-23-12-6-11-22(19-23)26(32)30-17-15-29(16-18-30)24(21-9-4-5-10-21)25(31)28-14-13-20-7-2-1-3-8-20/h1-3,6-8,11-12,19,21,24H,4-5,9-10,13-18H2,(H,28,31)/t24-/m0/s1.